The van der Waals surface area contributed by atoms with Crippen LogP contribution in [-0.2, 0) is 0 Å². The summed E-state index contributed by atoms with van der Waals surface area (Å²) in [5.74, 6) is 1.17. The maximum atomic E-state index is 9.09. The molecule has 2 heteroatoms. The average molecular weight is 171 g/mol. The van der Waals surface area contributed by atoms with Crippen molar-refractivity contribution in [2.75, 3.05) is 19.7 Å². The van der Waals surface area contributed by atoms with Gasteiger partial charge in [0, 0.05) is 13.2 Å². The summed E-state index contributed by atoms with van der Waals surface area (Å²) in [6.45, 7) is 9.22. The van der Waals surface area contributed by atoms with Crippen molar-refractivity contribution in [1.82, 2.24) is 5.32 Å². The quantitative estimate of drug-likeness (QED) is 0.655. The molecule has 1 heterocycles. The van der Waals surface area contributed by atoms with E-state index in [0.717, 1.165) is 13.1 Å². The summed E-state index contributed by atoms with van der Waals surface area (Å²) < 4.78 is 0. The monoisotopic (exact) mass is 171 g/mol. The van der Waals surface area contributed by atoms with E-state index >= 15 is 0 Å². The molecule has 1 aliphatic rings. The summed E-state index contributed by atoms with van der Waals surface area (Å²) in [7, 11) is 0. The molecule has 1 fully saturated rings. The van der Waals surface area contributed by atoms with Gasteiger partial charge in [-0.3, -0.25) is 0 Å². The van der Waals surface area contributed by atoms with Gasteiger partial charge in [-0.25, -0.2) is 0 Å². The maximum absolute atomic E-state index is 9.09. The van der Waals surface area contributed by atoms with E-state index in [1.807, 2.05) is 0 Å². The van der Waals surface area contributed by atoms with Crippen LogP contribution in [0.25, 0.3) is 0 Å². The fraction of sp³-hybridized carbons (Fsp3) is 1.00. The van der Waals surface area contributed by atoms with Crippen LogP contribution in [0.3, 0.4) is 0 Å². The largest absolute Gasteiger partial charge is 0.396 e. The molecule has 0 bridgehead atoms. The van der Waals surface area contributed by atoms with Crippen molar-refractivity contribution in [3.05, 3.63) is 0 Å². The molecule has 0 amide bonds. The minimum Gasteiger partial charge on any atom is -0.396 e. The zero-order chi connectivity index (χ0) is 9.19. The molecule has 0 spiro atoms. The van der Waals surface area contributed by atoms with Crippen LogP contribution in [0.15, 0.2) is 0 Å². The molecule has 1 aliphatic heterocycles. The first-order valence-electron chi connectivity index (χ1n) is 4.84. The molecule has 1 rings (SSSR count). The second-order valence-electron chi connectivity index (χ2n) is 5.13. The van der Waals surface area contributed by atoms with Crippen molar-refractivity contribution in [2.45, 2.75) is 27.2 Å². The van der Waals surface area contributed by atoms with Crippen LogP contribution in [0.4, 0.5) is 0 Å². The molecule has 1 saturated heterocycles. The maximum Gasteiger partial charge on any atom is 0.0474 e. The minimum absolute atomic E-state index is 0.341. The van der Waals surface area contributed by atoms with E-state index < -0.39 is 0 Å². The molecule has 0 aromatic heterocycles. The lowest BCUT2D eigenvalue weighted by molar-refractivity contribution is 0.175. The predicted octanol–water partition coefficient (Wildman–Crippen LogP) is 1.25. The first-order valence-corrected chi connectivity index (χ1v) is 4.84. The zero-order valence-electron chi connectivity index (χ0n) is 8.43. The molecule has 2 N–H and O–H groups in total. The Bertz CT molecular complexity index is 139. The number of hydrogen-bond donors (Lipinski definition) is 2. The van der Waals surface area contributed by atoms with Crippen LogP contribution in [0.5, 0.6) is 0 Å². The van der Waals surface area contributed by atoms with Gasteiger partial charge in [-0.1, -0.05) is 20.8 Å². The Morgan fingerprint density at radius 2 is 1.83 bits per heavy atom. The minimum atomic E-state index is 0.341. The summed E-state index contributed by atoms with van der Waals surface area (Å²) in [5, 5.41) is 12.4. The van der Waals surface area contributed by atoms with Gasteiger partial charge >= 0.3 is 0 Å². The molecule has 0 saturated carbocycles. The molecule has 0 aromatic rings. The first-order chi connectivity index (χ1) is 5.53. The lowest BCUT2D eigenvalue weighted by Crippen LogP contribution is -2.22. The van der Waals surface area contributed by atoms with Gasteiger partial charge in [0.15, 0.2) is 0 Å². The Labute approximate surface area is 75.4 Å². The molecule has 0 radical (unpaired) electrons. The van der Waals surface area contributed by atoms with E-state index in [2.05, 4.69) is 26.1 Å². The smallest absolute Gasteiger partial charge is 0.0474 e. The standard InChI is InChI=1S/C10H21NO/c1-10(2,3)4-8-5-11-6-9(8)7-12/h8-9,11-12H,4-7H2,1-3H3/t8-,9-/m0/s1. The van der Waals surface area contributed by atoms with Crippen LogP contribution < -0.4 is 5.32 Å². The molecule has 2 nitrogen and oxygen atoms in total. The SMILES string of the molecule is CC(C)(C)C[C@H]1CNC[C@H]1CO. The zero-order valence-corrected chi connectivity index (χ0v) is 8.43. The van der Waals surface area contributed by atoms with Gasteiger partial charge in [-0.05, 0) is 30.2 Å². The molecule has 0 aliphatic carbocycles. The molecular weight excluding hydrogens is 150 g/mol. The molecule has 0 aromatic carbocycles. The Kier molecular flexibility index (Phi) is 3.13. The highest BCUT2D eigenvalue weighted by Gasteiger charge is 2.29. The highest BCUT2D eigenvalue weighted by Crippen LogP contribution is 2.30. The van der Waals surface area contributed by atoms with E-state index in [1.165, 1.54) is 6.42 Å². The second-order valence-corrected chi connectivity index (χ2v) is 5.13. The Hall–Kier alpha value is -0.0800. The Morgan fingerprint density at radius 3 is 2.33 bits per heavy atom. The number of aliphatic hydroxyl groups is 1. The third-order valence-corrected chi connectivity index (χ3v) is 2.59. The van der Waals surface area contributed by atoms with Crippen LogP contribution in [0.1, 0.15) is 27.2 Å². The molecule has 2 atom stereocenters. The van der Waals surface area contributed by atoms with Gasteiger partial charge in [-0.2, -0.15) is 0 Å². The van der Waals surface area contributed by atoms with Crippen molar-refractivity contribution >= 4 is 0 Å². The van der Waals surface area contributed by atoms with Crippen molar-refractivity contribution < 1.29 is 5.11 Å². The van der Waals surface area contributed by atoms with Crippen LogP contribution in [0, 0.1) is 17.3 Å². The van der Waals surface area contributed by atoms with E-state index in [1.54, 1.807) is 0 Å². The van der Waals surface area contributed by atoms with Crippen molar-refractivity contribution in [3.8, 4) is 0 Å². The van der Waals surface area contributed by atoms with E-state index in [9.17, 15) is 0 Å². The summed E-state index contributed by atoms with van der Waals surface area (Å²) in [4.78, 5) is 0. The third kappa shape index (κ3) is 2.76. The topological polar surface area (TPSA) is 32.3 Å². The van der Waals surface area contributed by atoms with Crippen LogP contribution in [-0.4, -0.2) is 24.8 Å². The van der Waals surface area contributed by atoms with Gasteiger partial charge in [0.1, 0.15) is 0 Å². The number of aliphatic hydroxyl groups excluding tert-OH is 1. The highest BCUT2D eigenvalue weighted by molar-refractivity contribution is 4.83. The second kappa shape index (κ2) is 3.75. The molecule has 0 unspecified atom stereocenters. The molecular formula is C10H21NO. The number of hydrogen-bond acceptors (Lipinski definition) is 2. The van der Waals surface area contributed by atoms with Crippen molar-refractivity contribution in [2.24, 2.45) is 17.3 Å². The van der Waals surface area contributed by atoms with E-state index in [0.29, 0.717) is 23.9 Å². The first kappa shape index (κ1) is 10.0. The van der Waals surface area contributed by atoms with Gasteiger partial charge in [-0.15, -0.1) is 0 Å². The predicted molar refractivity (Wildman–Crippen MR) is 51.0 cm³/mol. The van der Waals surface area contributed by atoms with Gasteiger partial charge in [0.25, 0.3) is 0 Å². The number of nitrogens with one attached hydrogen (secondary N) is 1. The Morgan fingerprint density at radius 1 is 1.25 bits per heavy atom. The summed E-state index contributed by atoms with van der Waals surface area (Å²) in [5.41, 5.74) is 0.393. The Balaban J connectivity index is 2.41. The van der Waals surface area contributed by atoms with E-state index in [-0.39, 0.29) is 0 Å². The summed E-state index contributed by atoms with van der Waals surface area (Å²) in [6.07, 6.45) is 1.21. The van der Waals surface area contributed by atoms with Crippen LogP contribution in [0.2, 0.25) is 0 Å². The van der Waals surface area contributed by atoms with Crippen molar-refractivity contribution in [3.63, 3.8) is 0 Å². The third-order valence-electron chi connectivity index (χ3n) is 2.59. The normalized spacial score (nSPS) is 31.0. The lowest BCUT2D eigenvalue weighted by atomic mass is 9.80. The van der Waals surface area contributed by atoms with Crippen molar-refractivity contribution in [1.29, 1.82) is 0 Å². The van der Waals surface area contributed by atoms with Crippen LogP contribution >= 0.6 is 0 Å². The fourth-order valence-electron chi connectivity index (χ4n) is 2.03. The summed E-state index contributed by atoms with van der Waals surface area (Å²) >= 11 is 0. The van der Waals surface area contributed by atoms with Gasteiger partial charge < -0.3 is 10.4 Å². The fourth-order valence-corrected chi connectivity index (χ4v) is 2.03. The molecule has 12 heavy (non-hydrogen) atoms. The van der Waals surface area contributed by atoms with Gasteiger partial charge in [0.05, 0.1) is 0 Å². The average Bonchev–Trinajstić information content (AvgIpc) is 2.31. The lowest BCUT2D eigenvalue weighted by Gasteiger charge is -2.25. The van der Waals surface area contributed by atoms with E-state index in [4.69, 9.17) is 5.11 Å². The number of rotatable bonds is 2. The summed E-state index contributed by atoms with van der Waals surface area (Å²) in [6, 6.07) is 0. The highest BCUT2D eigenvalue weighted by atomic mass is 16.3. The van der Waals surface area contributed by atoms with Gasteiger partial charge in [0.2, 0.25) is 0 Å². The molecule has 72 valence electrons.